The summed E-state index contributed by atoms with van der Waals surface area (Å²) in [5.74, 6) is -0.523. The van der Waals surface area contributed by atoms with Gasteiger partial charge in [-0.2, -0.15) is 0 Å². The standard InChI is InChI=1S/C30H29FN2O2S/c1-2-3-16-32(30(35)24-9-8-21-6-4-5-7-23(21)19-24)20-28(34)33-17-14-27-26(15-18-36-27)29(33)22-10-12-25(31)13-11-22/h4-13,15,18-19,29H,2-3,14,16-17,20H2,1H3. The van der Waals surface area contributed by atoms with Gasteiger partial charge in [-0.1, -0.05) is 55.8 Å². The van der Waals surface area contributed by atoms with Gasteiger partial charge in [0.25, 0.3) is 5.91 Å². The first-order chi connectivity index (χ1) is 17.5. The van der Waals surface area contributed by atoms with Crippen molar-refractivity contribution in [1.29, 1.82) is 0 Å². The summed E-state index contributed by atoms with van der Waals surface area (Å²) in [6.45, 7) is 3.18. The number of benzene rings is 3. The zero-order valence-corrected chi connectivity index (χ0v) is 21.1. The Morgan fingerprint density at radius 3 is 2.58 bits per heavy atom. The second kappa shape index (κ2) is 10.6. The number of hydrogen-bond acceptors (Lipinski definition) is 3. The van der Waals surface area contributed by atoms with Gasteiger partial charge in [0.1, 0.15) is 12.4 Å². The molecule has 3 aromatic carbocycles. The highest BCUT2D eigenvalue weighted by Crippen LogP contribution is 2.38. The van der Waals surface area contributed by atoms with Crippen LogP contribution in [0.5, 0.6) is 0 Å². The summed E-state index contributed by atoms with van der Waals surface area (Å²) < 4.78 is 13.7. The van der Waals surface area contributed by atoms with E-state index in [0.29, 0.717) is 18.7 Å². The quantitative estimate of drug-likeness (QED) is 0.292. The molecule has 36 heavy (non-hydrogen) atoms. The second-order valence-electron chi connectivity index (χ2n) is 9.23. The van der Waals surface area contributed by atoms with Crippen molar-refractivity contribution in [1.82, 2.24) is 9.80 Å². The van der Waals surface area contributed by atoms with Crippen molar-refractivity contribution in [3.05, 3.63) is 106 Å². The van der Waals surface area contributed by atoms with Gasteiger partial charge >= 0.3 is 0 Å². The summed E-state index contributed by atoms with van der Waals surface area (Å²) in [5.41, 5.74) is 2.56. The van der Waals surface area contributed by atoms with Crippen molar-refractivity contribution in [2.45, 2.75) is 32.2 Å². The maximum absolute atomic E-state index is 13.8. The first-order valence-electron chi connectivity index (χ1n) is 12.4. The lowest BCUT2D eigenvalue weighted by Crippen LogP contribution is -2.47. The predicted octanol–water partition coefficient (Wildman–Crippen LogP) is 6.46. The molecule has 0 saturated heterocycles. The lowest BCUT2D eigenvalue weighted by molar-refractivity contribution is -0.134. The van der Waals surface area contributed by atoms with E-state index >= 15 is 0 Å². The lowest BCUT2D eigenvalue weighted by atomic mass is 9.93. The number of fused-ring (bicyclic) bond motifs is 2. The highest BCUT2D eigenvalue weighted by Gasteiger charge is 2.34. The van der Waals surface area contributed by atoms with Gasteiger partial charge in [0, 0.05) is 23.5 Å². The number of amides is 2. The van der Waals surface area contributed by atoms with Crippen LogP contribution in [0.4, 0.5) is 4.39 Å². The van der Waals surface area contributed by atoms with Crippen LogP contribution in [0.25, 0.3) is 10.8 Å². The van der Waals surface area contributed by atoms with E-state index in [1.807, 2.05) is 52.7 Å². The molecule has 5 rings (SSSR count). The number of carbonyl (C=O) groups excluding carboxylic acids is 2. The van der Waals surface area contributed by atoms with Crippen LogP contribution in [0.15, 0.2) is 78.2 Å². The Labute approximate surface area is 215 Å². The monoisotopic (exact) mass is 500 g/mol. The molecular formula is C30H29FN2O2S. The summed E-state index contributed by atoms with van der Waals surface area (Å²) in [7, 11) is 0. The van der Waals surface area contributed by atoms with Crippen LogP contribution >= 0.6 is 11.3 Å². The van der Waals surface area contributed by atoms with E-state index in [1.54, 1.807) is 28.4 Å². The largest absolute Gasteiger partial charge is 0.330 e. The summed E-state index contributed by atoms with van der Waals surface area (Å²) in [6.07, 6.45) is 2.53. The number of unbranched alkanes of at least 4 members (excludes halogenated alkanes) is 1. The third-order valence-electron chi connectivity index (χ3n) is 6.86. The average Bonchev–Trinajstić information content (AvgIpc) is 3.39. The SMILES string of the molecule is CCCCN(CC(=O)N1CCc2sccc2C1c1ccc(F)cc1)C(=O)c1ccc2ccccc2c1. The van der Waals surface area contributed by atoms with E-state index in [-0.39, 0.29) is 30.2 Å². The molecule has 6 heteroatoms. The number of nitrogens with zero attached hydrogens (tertiary/aromatic N) is 2. The van der Waals surface area contributed by atoms with Gasteiger partial charge < -0.3 is 9.80 Å². The summed E-state index contributed by atoms with van der Waals surface area (Å²) >= 11 is 1.69. The van der Waals surface area contributed by atoms with E-state index in [9.17, 15) is 14.0 Å². The molecule has 4 nitrogen and oxygen atoms in total. The fraction of sp³-hybridized carbons (Fsp3) is 0.267. The van der Waals surface area contributed by atoms with Crippen molar-refractivity contribution < 1.29 is 14.0 Å². The fourth-order valence-electron chi connectivity index (χ4n) is 4.95. The molecule has 184 valence electrons. The Bertz CT molecular complexity index is 1380. The van der Waals surface area contributed by atoms with Crippen LogP contribution in [0.1, 0.15) is 52.2 Å². The van der Waals surface area contributed by atoms with Gasteiger partial charge in [-0.05, 0) is 70.5 Å². The molecule has 0 bridgehead atoms. The average molecular weight is 501 g/mol. The van der Waals surface area contributed by atoms with Gasteiger partial charge in [-0.15, -0.1) is 11.3 Å². The molecule has 0 spiro atoms. The normalized spacial score (nSPS) is 15.1. The molecule has 4 aromatic rings. The maximum Gasteiger partial charge on any atom is 0.254 e. The third kappa shape index (κ3) is 4.91. The van der Waals surface area contributed by atoms with Crippen molar-refractivity contribution in [3.8, 4) is 0 Å². The Balaban J connectivity index is 1.42. The molecular weight excluding hydrogens is 471 g/mol. The smallest absolute Gasteiger partial charge is 0.254 e. The molecule has 0 fully saturated rings. The van der Waals surface area contributed by atoms with Crippen molar-refractivity contribution in [2.75, 3.05) is 19.6 Å². The Hall–Kier alpha value is -3.51. The number of halogens is 1. The summed E-state index contributed by atoms with van der Waals surface area (Å²) in [6, 6.07) is 21.8. The molecule has 1 unspecified atom stereocenters. The molecule has 1 aliphatic rings. The van der Waals surface area contributed by atoms with Crippen LogP contribution in [0, 0.1) is 5.82 Å². The van der Waals surface area contributed by atoms with Crippen LogP contribution < -0.4 is 0 Å². The molecule has 0 radical (unpaired) electrons. The van der Waals surface area contributed by atoms with Gasteiger partial charge in [-0.25, -0.2) is 4.39 Å². The van der Waals surface area contributed by atoms with Crippen molar-refractivity contribution in [3.63, 3.8) is 0 Å². The Kier molecular flexibility index (Phi) is 7.14. The molecule has 0 saturated carbocycles. The number of thiophene rings is 1. The van der Waals surface area contributed by atoms with E-state index in [2.05, 4.69) is 13.0 Å². The van der Waals surface area contributed by atoms with Crippen LogP contribution in [0.2, 0.25) is 0 Å². The minimum Gasteiger partial charge on any atom is -0.330 e. The van der Waals surface area contributed by atoms with Crippen molar-refractivity contribution in [2.24, 2.45) is 0 Å². The van der Waals surface area contributed by atoms with Gasteiger partial charge in [0.15, 0.2) is 0 Å². The second-order valence-corrected chi connectivity index (χ2v) is 10.2. The van der Waals surface area contributed by atoms with E-state index in [0.717, 1.165) is 41.2 Å². The number of carbonyl (C=O) groups is 2. The molecule has 1 atom stereocenters. The molecule has 2 heterocycles. The van der Waals surface area contributed by atoms with E-state index in [4.69, 9.17) is 0 Å². The van der Waals surface area contributed by atoms with Gasteiger partial charge in [0.05, 0.1) is 6.04 Å². The molecule has 1 aromatic heterocycles. The van der Waals surface area contributed by atoms with Crippen molar-refractivity contribution >= 4 is 33.9 Å². The molecule has 0 aliphatic carbocycles. The first-order valence-corrected chi connectivity index (χ1v) is 13.3. The highest BCUT2D eigenvalue weighted by atomic mass is 32.1. The number of hydrogen-bond donors (Lipinski definition) is 0. The van der Waals surface area contributed by atoms with E-state index in [1.165, 1.54) is 17.0 Å². The number of rotatable bonds is 7. The maximum atomic E-state index is 13.8. The van der Waals surface area contributed by atoms with Crippen LogP contribution in [0.3, 0.4) is 0 Å². The minimum absolute atomic E-state index is 0.0167. The van der Waals surface area contributed by atoms with Gasteiger partial charge in [0.2, 0.25) is 5.91 Å². The minimum atomic E-state index is -0.301. The zero-order valence-electron chi connectivity index (χ0n) is 20.3. The van der Waals surface area contributed by atoms with E-state index < -0.39 is 0 Å². The molecule has 0 N–H and O–H groups in total. The molecule has 1 aliphatic heterocycles. The predicted molar refractivity (Wildman–Crippen MR) is 143 cm³/mol. The van der Waals surface area contributed by atoms with Gasteiger partial charge in [-0.3, -0.25) is 9.59 Å². The molecule has 2 amide bonds. The Morgan fingerprint density at radius 2 is 1.81 bits per heavy atom. The summed E-state index contributed by atoms with van der Waals surface area (Å²) in [4.78, 5) is 32.1. The lowest BCUT2D eigenvalue weighted by Gasteiger charge is -2.37. The zero-order chi connectivity index (χ0) is 25.1. The Morgan fingerprint density at radius 1 is 1.03 bits per heavy atom. The van der Waals surface area contributed by atoms with Crippen LogP contribution in [-0.4, -0.2) is 41.2 Å². The third-order valence-corrected chi connectivity index (χ3v) is 7.86. The topological polar surface area (TPSA) is 40.6 Å². The summed E-state index contributed by atoms with van der Waals surface area (Å²) in [5, 5.41) is 4.13. The van der Waals surface area contributed by atoms with Crippen LogP contribution in [-0.2, 0) is 11.2 Å². The fourth-order valence-corrected chi connectivity index (χ4v) is 5.85. The highest BCUT2D eigenvalue weighted by molar-refractivity contribution is 7.10. The first kappa shape index (κ1) is 24.2.